The van der Waals surface area contributed by atoms with E-state index < -0.39 is 5.97 Å². The summed E-state index contributed by atoms with van der Waals surface area (Å²) in [5, 5.41) is 8.76. The third kappa shape index (κ3) is 1.51. The van der Waals surface area contributed by atoms with Gasteiger partial charge in [0.15, 0.2) is 11.5 Å². The van der Waals surface area contributed by atoms with Gasteiger partial charge in [-0.05, 0) is 25.1 Å². The van der Waals surface area contributed by atoms with Crippen molar-refractivity contribution < 1.29 is 19.4 Å². The highest BCUT2D eigenvalue weighted by molar-refractivity contribution is 5.88. The van der Waals surface area contributed by atoms with Crippen molar-refractivity contribution in [1.82, 2.24) is 0 Å². The molecule has 1 aromatic rings. The van der Waals surface area contributed by atoms with E-state index in [9.17, 15) is 4.79 Å². The van der Waals surface area contributed by atoms with Gasteiger partial charge in [0.05, 0.1) is 5.56 Å². The normalized spacial score (nSPS) is 19.1. The van der Waals surface area contributed by atoms with Crippen molar-refractivity contribution >= 4 is 5.97 Å². The standard InChI is InChI=1S/C10H10O4/c1-6-5-13-8-3-2-7(10(11)12)4-9(8)14-6/h2-4,6H,5H2,1H3,(H,11,12)/t6-/m0/s1. The number of aromatic carboxylic acids is 1. The van der Waals surface area contributed by atoms with Crippen molar-refractivity contribution in [3.05, 3.63) is 23.8 Å². The van der Waals surface area contributed by atoms with Crippen LogP contribution in [0.4, 0.5) is 0 Å². The van der Waals surface area contributed by atoms with Crippen molar-refractivity contribution in [3.8, 4) is 11.5 Å². The summed E-state index contributed by atoms with van der Waals surface area (Å²) in [7, 11) is 0. The Kier molecular flexibility index (Phi) is 2.04. The van der Waals surface area contributed by atoms with Gasteiger partial charge in [0, 0.05) is 0 Å². The van der Waals surface area contributed by atoms with Gasteiger partial charge in [0.1, 0.15) is 12.7 Å². The number of ether oxygens (including phenoxy) is 2. The Morgan fingerprint density at radius 1 is 1.50 bits per heavy atom. The van der Waals surface area contributed by atoms with Gasteiger partial charge in [0.25, 0.3) is 0 Å². The quantitative estimate of drug-likeness (QED) is 0.736. The van der Waals surface area contributed by atoms with Crippen molar-refractivity contribution in [1.29, 1.82) is 0 Å². The van der Waals surface area contributed by atoms with Gasteiger partial charge in [0.2, 0.25) is 0 Å². The predicted molar refractivity (Wildman–Crippen MR) is 49.0 cm³/mol. The number of carboxylic acid groups (broad SMARTS) is 1. The Labute approximate surface area is 81.1 Å². The first-order chi connectivity index (χ1) is 6.66. The van der Waals surface area contributed by atoms with Gasteiger partial charge in [-0.15, -0.1) is 0 Å². The average molecular weight is 194 g/mol. The van der Waals surface area contributed by atoms with E-state index in [1.807, 2.05) is 6.92 Å². The SMILES string of the molecule is C[C@H]1COc2ccc(C(=O)O)cc2O1. The summed E-state index contributed by atoms with van der Waals surface area (Å²) < 4.78 is 10.8. The molecule has 1 N–H and O–H groups in total. The minimum absolute atomic E-state index is 0.0356. The summed E-state index contributed by atoms with van der Waals surface area (Å²) in [6, 6.07) is 4.60. The second-order valence-electron chi connectivity index (χ2n) is 3.21. The fraction of sp³-hybridized carbons (Fsp3) is 0.300. The molecule has 1 aliphatic rings. The van der Waals surface area contributed by atoms with E-state index in [1.54, 1.807) is 6.07 Å². The van der Waals surface area contributed by atoms with E-state index in [2.05, 4.69) is 0 Å². The van der Waals surface area contributed by atoms with Gasteiger partial charge < -0.3 is 14.6 Å². The van der Waals surface area contributed by atoms with Gasteiger partial charge in [-0.3, -0.25) is 0 Å². The molecule has 4 nitrogen and oxygen atoms in total. The summed E-state index contributed by atoms with van der Waals surface area (Å²) in [5.41, 5.74) is 0.210. The van der Waals surface area contributed by atoms with Crippen LogP contribution in [0.5, 0.6) is 11.5 Å². The van der Waals surface area contributed by atoms with E-state index in [4.69, 9.17) is 14.6 Å². The molecule has 0 saturated carbocycles. The number of carbonyl (C=O) groups is 1. The fourth-order valence-electron chi connectivity index (χ4n) is 1.31. The maximum absolute atomic E-state index is 10.7. The molecule has 0 spiro atoms. The number of fused-ring (bicyclic) bond motifs is 1. The summed E-state index contributed by atoms with van der Waals surface area (Å²) in [4.78, 5) is 10.7. The molecule has 2 rings (SSSR count). The van der Waals surface area contributed by atoms with Crippen LogP contribution in [0.25, 0.3) is 0 Å². The van der Waals surface area contributed by atoms with Gasteiger partial charge in [-0.2, -0.15) is 0 Å². The molecular weight excluding hydrogens is 184 g/mol. The average Bonchev–Trinajstić information content (AvgIpc) is 2.16. The van der Waals surface area contributed by atoms with E-state index in [0.717, 1.165) is 0 Å². The fourth-order valence-corrected chi connectivity index (χ4v) is 1.31. The predicted octanol–water partition coefficient (Wildman–Crippen LogP) is 1.54. The molecule has 0 radical (unpaired) electrons. The summed E-state index contributed by atoms with van der Waals surface area (Å²) in [6.45, 7) is 2.37. The van der Waals surface area contributed by atoms with Crippen molar-refractivity contribution in [3.63, 3.8) is 0 Å². The van der Waals surface area contributed by atoms with E-state index in [-0.39, 0.29) is 11.7 Å². The van der Waals surface area contributed by atoms with Crippen LogP contribution in [0, 0.1) is 0 Å². The highest BCUT2D eigenvalue weighted by atomic mass is 16.6. The Morgan fingerprint density at radius 2 is 2.29 bits per heavy atom. The lowest BCUT2D eigenvalue weighted by atomic mass is 10.2. The molecule has 4 heteroatoms. The molecule has 74 valence electrons. The maximum Gasteiger partial charge on any atom is 0.335 e. The van der Waals surface area contributed by atoms with Crippen LogP contribution in [-0.2, 0) is 0 Å². The molecule has 0 amide bonds. The third-order valence-electron chi connectivity index (χ3n) is 1.99. The lowest BCUT2D eigenvalue weighted by Gasteiger charge is -2.23. The molecule has 1 aliphatic heterocycles. The molecule has 0 unspecified atom stereocenters. The molecule has 1 atom stereocenters. The maximum atomic E-state index is 10.7. The van der Waals surface area contributed by atoms with Crippen LogP contribution in [0.2, 0.25) is 0 Å². The monoisotopic (exact) mass is 194 g/mol. The molecule has 0 aliphatic carbocycles. The molecular formula is C10H10O4. The molecule has 0 saturated heterocycles. The Morgan fingerprint density at radius 3 is 3.00 bits per heavy atom. The van der Waals surface area contributed by atoms with Crippen molar-refractivity contribution in [2.45, 2.75) is 13.0 Å². The highest BCUT2D eigenvalue weighted by Gasteiger charge is 2.18. The molecule has 0 fully saturated rings. The van der Waals surface area contributed by atoms with E-state index in [1.165, 1.54) is 12.1 Å². The molecule has 14 heavy (non-hydrogen) atoms. The second-order valence-corrected chi connectivity index (χ2v) is 3.21. The highest BCUT2D eigenvalue weighted by Crippen LogP contribution is 2.32. The summed E-state index contributed by atoms with van der Waals surface area (Å²) in [5.74, 6) is 0.145. The first-order valence-corrected chi connectivity index (χ1v) is 4.33. The lowest BCUT2D eigenvalue weighted by molar-refractivity contribution is 0.0693. The van der Waals surface area contributed by atoms with E-state index in [0.29, 0.717) is 18.1 Å². The summed E-state index contributed by atoms with van der Waals surface area (Å²) in [6.07, 6.45) is -0.0356. The lowest BCUT2D eigenvalue weighted by Crippen LogP contribution is -2.25. The zero-order chi connectivity index (χ0) is 10.1. The topological polar surface area (TPSA) is 55.8 Å². The van der Waals surface area contributed by atoms with Crippen molar-refractivity contribution in [2.24, 2.45) is 0 Å². The zero-order valence-corrected chi connectivity index (χ0v) is 7.69. The van der Waals surface area contributed by atoms with Crippen LogP contribution in [-0.4, -0.2) is 23.8 Å². The molecule has 1 heterocycles. The number of benzene rings is 1. The van der Waals surface area contributed by atoms with Gasteiger partial charge >= 0.3 is 5.97 Å². The van der Waals surface area contributed by atoms with Crippen LogP contribution in [0.3, 0.4) is 0 Å². The zero-order valence-electron chi connectivity index (χ0n) is 7.69. The third-order valence-corrected chi connectivity index (χ3v) is 1.99. The summed E-state index contributed by atoms with van der Waals surface area (Å²) >= 11 is 0. The van der Waals surface area contributed by atoms with Crippen LogP contribution >= 0.6 is 0 Å². The van der Waals surface area contributed by atoms with E-state index >= 15 is 0 Å². The Hall–Kier alpha value is -1.71. The minimum Gasteiger partial charge on any atom is -0.486 e. The number of hydrogen-bond acceptors (Lipinski definition) is 3. The molecule has 0 bridgehead atoms. The Bertz CT molecular complexity index is 372. The molecule has 0 aromatic heterocycles. The number of rotatable bonds is 1. The first kappa shape index (κ1) is 8.87. The smallest absolute Gasteiger partial charge is 0.335 e. The number of carboxylic acids is 1. The number of hydrogen-bond donors (Lipinski definition) is 1. The van der Waals surface area contributed by atoms with Crippen LogP contribution in [0.15, 0.2) is 18.2 Å². The second kappa shape index (κ2) is 3.21. The first-order valence-electron chi connectivity index (χ1n) is 4.33. The Balaban J connectivity index is 2.37. The largest absolute Gasteiger partial charge is 0.486 e. The van der Waals surface area contributed by atoms with Crippen LogP contribution < -0.4 is 9.47 Å². The van der Waals surface area contributed by atoms with Crippen LogP contribution in [0.1, 0.15) is 17.3 Å². The van der Waals surface area contributed by atoms with Gasteiger partial charge in [-0.25, -0.2) is 4.79 Å². The van der Waals surface area contributed by atoms with Gasteiger partial charge in [-0.1, -0.05) is 0 Å². The van der Waals surface area contributed by atoms with Crippen molar-refractivity contribution in [2.75, 3.05) is 6.61 Å². The molecule has 1 aromatic carbocycles. The minimum atomic E-state index is -0.963.